The molecule has 0 spiro atoms. The van der Waals surface area contributed by atoms with E-state index in [1.54, 1.807) is 6.92 Å². The number of hydrazone groups is 1. The molecule has 1 heterocycles. The van der Waals surface area contributed by atoms with E-state index in [4.69, 9.17) is 11.7 Å². The number of hydrazine groups is 1. The molecule has 1 aromatic heterocycles. The van der Waals surface area contributed by atoms with E-state index in [0.717, 1.165) is 0 Å². The molecule has 0 saturated heterocycles. The lowest BCUT2D eigenvalue weighted by molar-refractivity contribution is -0.274. The number of amidine groups is 1. The Balaban J connectivity index is 2.19. The Labute approximate surface area is 172 Å². The summed E-state index contributed by atoms with van der Waals surface area (Å²) in [5.41, 5.74) is 3.35. The number of benzene rings is 1. The van der Waals surface area contributed by atoms with Crippen LogP contribution in [0.3, 0.4) is 0 Å². The van der Waals surface area contributed by atoms with Gasteiger partial charge >= 0.3 is 6.36 Å². The number of ether oxygens (including phenoxy) is 1. The van der Waals surface area contributed by atoms with E-state index in [1.807, 2.05) is 0 Å². The summed E-state index contributed by atoms with van der Waals surface area (Å²) >= 11 is 0. The van der Waals surface area contributed by atoms with Crippen molar-refractivity contribution in [2.45, 2.75) is 19.3 Å². The van der Waals surface area contributed by atoms with Crippen LogP contribution in [0.25, 0.3) is 0 Å². The molecule has 0 aliphatic carbocycles. The fourth-order valence-electron chi connectivity index (χ4n) is 2.31. The minimum atomic E-state index is -4.78. The monoisotopic (exact) mass is 446 g/mol. The maximum absolute atomic E-state index is 12.4. The number of hydrogen-bond donors (Lipinski definition) is 5. The minimum Gasteiger partial charge on any atom is -0.406 e. The zero-order valence-corrected chi connectivity index (χ0v) is 16.6. The van der Waals surface area contributed by atoms with Gasteiger partial charge in [-0.05, 0) is 17.7 Å². The Morgan fingerprint density at radius 3 is 2.40 bits per heavy atom. The van der Waals surface area contributed by atoms with Crippen LogP contribution in [0, 0.1) is 0 Å². The van der Waals surface area contributed by atoms with Crippen LogP contribution in [-0.2, 0) is 11.0 Å². The molecule has 0 radical (unpaired) electrons. The highest BCUT2D eigenvalue weighted by atomic mass is 32.2. The average Bonchev–Trinajstić information content (AvgIpc) is 2.72. The lowest BCUT2D eigenvalue weighted by Crippen LogP contribution is -2.32. The van der Waals surface area contributed by atoms with E-state index in [9.17, 15) is 17.4 Å². The summed E-state index contributed by atoms with van der Waals surface area (Å²) in [5.74, 6) is 10.9. The van der Waals surface area contributed by atoms with Crippen molar-refractivity contribution in [2.75, 3.05) is 17.6 Å². The van der Waals surface area contributed by atoms with Crippen molar-refractivity contribution in [1.82, 2.24) is 20.1 Å². The van der Waals surface area contributed by atoms with Crippen molar-refractivity contribution in [3.63, 3.8) is 0 Å². The Morgan fingerprint density at radius 1 is 1.27 bits per heavy atom. The summed E-state index contributed by atoms with van der Waals surface area (Å²) in [5, 5.41) is 6.49. The molecular formula is C16H21F3N8O2S. The quantitative estimate of drug-likeness (QED) is 0.165. The number of halogens is 3. The number of alkyl halides is 3. The maximum Gasteiger partial charge on any atom is 0.573 e. The summed E-state index contributed by atoms with van der Waals surface area (Å²) in [7, 11) is -1.27. The first-order chi connectivity index (χ1) is 14.3. The number of nitrogens with two attached hydrogens (primary N) is 2. The summed E-state index contributed by atoms with van der Waals surface area (Å²) < 4.78 is 55.5. The van der Waals surface area contributed by atoms with Crippen molar-refractivity contribution in [3.8, 4) is 5.75 Å². The molecule has 1 aromatic carbocycles. The van der Waals surface area contributed by atoms with Crippen LogP contribution >= 0.6 is 0 Å². The van der Waals surface area contributed by atoms with Gasteiger partial charge in [0.2, 0.25) is 5.95 Å². The summed E-state index contributed by atoms with van der Waals surface area (Å²) in [6.07, 6.45) is -1.93. The van der Waals surface area contributed by atoms with Crippen molar-refractivity contribution in [2.24, 2.45) is 16.8 Å². The number of aromatic nitrogens is 2. The third kappa shape index (κ3) is 7.13. The summed E-state index contributed by atoms with van der Waals surface area (Å²) in [6.45, 7) is 1.95. The van der Waals surface area contributed by atoms with Crippen LogP contribution in [0.15, 0.2) is 41.8 Å². The second-order valence-corrected chi connectivity index (χ2v) is 7.27. The molecule has 0 amide bonds. The van der Waals surface area contributed by atoms with Crippen molar-refractivity contribution in [3.05, 3.63) is 47.8 Å². The Hall–Kier alpha value is -2.97. The predicted octanol–water partition coefficient (Wildman–Crippen LogP) is 0.885. The number of rotatable bonds is 9. The highest BCUT2D eigenvalue weighted by molar-refractivity contribution is 7.82. The molecule has 30 heavy (non-hydrogen) atoms. The summed E-state index contributed by atoms with van der Waals surface area (Å²) in [4.78, 5) is 8.29. The second-order valence-electron chi connectivity index (χ2n) is 5.71. The van der Waals surface area contributed by atoms with Gasteiger partial charge in [-0.1, -0.05) is 19.1 Å². The number of nitrogens with zero attached hydrogens (tertiary/aromatic N) is 3. The Morgan fingerprint density at radius 2 is 1.90 bits per heavy atom. The van der Waals surface area contributed by atoms with Crippen LogP contribution in [0.4, 0.5) is 19.1 Å². The first kappa shape index (κ1) is 23.3. The van der Waals surface area contributed by atoms with Crippen LogP contribution in [0.5, 0.6) is 5.75 Å². The van der Waals surface area contributed by atoms with Crippen LogP contribution in [0.2, 0.25) is 0 Å². The smallest absolute Gasteiger partial charge is 0.406 e. The lowest BCUT2D eigenvalue weighted by atomic mass is 10.1. The Bertz CT molecular complexity index is 862. The third-order valence-corrected chi connectivity index (χ3v) is 4.73. The van der Waals surface area contributed by atoms with Gasteiger partial charge in [-0.3, -0.25) is 0 Å². The fourth-order valence-corrected chi connectivity index (χ4v) is 2.86. The van der Waals surface area contributed by atoms with Crippen LogP contribution in [0.1, 0.15) is 24.1 Å². The fraction of sp³-hybridized carbons (Fsp3) is 0.312. The van der Waals surface area contributed by atoms with E-state index in [2.05, 4.69) is 35.3 Å². The van der Waals surface area contributed by atoms with E-state index in [0.29, 0.717) is 16.9 Å². The molecule has 2 aromatic rings. The molecule has 0 aliphatic heterocycles. The molecule has 0 fully saturated rings. The zero-order valence-electron chi connectivity index (χ0n) is 15.8. The number of anilines is 1. The van der Waals surface area contributed by atoms with Gasteiger partial charge in [0.05, 0.1) is 22.6 Å². The van der Waals surface area contributed by atoms with Gasteiger partial charge in [-0.15, -0.1) is 13.2 Å². The van der Waals surface area contributed by atoms with Gasteiger partial charge in [0.25, 0.3) is 0 Å². The third-order valence-electron chi connectivity index (χ3n) is 3.72. The van der Waals surface area contributed by atoms with Crippen LogP contribution < -0.4 is 31.9 Å². The average molecular weight is 446 g/mol. The molecule has 2 rings (SSSR count). The molecule has 2 unspecified atom stereocenters. The van der Waals surface area contributed by atoms with Gasteiger partial charge in [0, 0.05) is 24.7 Å². The van der Waals surface area contributed by atoms with Gasteiger partial charge in [-0.25, -0.2) is 24.7 Å². The van der Waals surface area contributed by atoms with E-state index >= 15 is 0 Å². The lowest BCUT2D eigenvalue weighted by Gasteiger charge is -2.20. The van der Waals surface area contributed by atoms with Crippen molar-refractivity contribution >= 4 is 22.8 Å². The minimum absolute atomic E-state index is 0.179. The maximum atomic E-state index is 12.4. The van der Waals surface area contributed by atoms with Gasteiger partial charge < -0.3 is 21.3 Å². The highest BCUT2D eigenvalue weighted by Crippen LogP contribution is 2.25. The van der Waals surface area contributed by atoms with Gasteiger partial charge in [-0.2, -0.15) is 5.10 Å². The molecule has 2 atom stereocenters. The van der Waals surface area contributed by atoms with Gasteiger partial charge in [0.1, 0.15) is 5.75 Å². The predicted molar refractivity (Wildman–Crippen MR) is 106 cm³/mol. The molecule has 164 valence electrons. The van der Waals surface area contributed by atoms with E-state index < -0.39 is 23.4 Å². The zero-order chi connectivity index (χ0) is 22.1. The molecule has 7 N–H and O–H groups in total. The molecule has 10 nitrogen and oxygen atoms in total. The standard InChI is InChI=1S/C16H21F3N8O2S/c1-2-30(28)24-9-13(10-3-5-12(6-4-10)29-16(17,18)19)25-15-22-7-11(8-23-15)14(26-20)27-21/h3-8,13,24H,2,9,20-21H2,1H3,(H,26,27)(H,22,23,25). The second kappa shape index (κ2) is 10.7. The van der Waals surface area contributed by atoms with E-state index in [1.165, 1.54) is 36.7 Å². The Kier molecular flexibility index (Phi) is 8.32. The number of nitrogens with one attached hydrogen (secondary N) is 3. The molecule has 14 heteroatoms. The largest absolute Gasteiger partial charge is 0.573 e. The van der Waals surface area contributed by atoms with Crippen molar-refractivity contribution in [1.29, 1.82) is 0 Å². The topological polar surface area (TPSA) is 153 Å². The first-order valence-corrected chi connectivity index (χ1v) is 9.88. The summed E-state index contributed by atoms with van der Waals surface area (Å²) in [6, 6.07) is 4.80. The van der Waals surface area contributed by atoms with Crippen LogP contribution in [-0.4, -0.2) is 38.7 Å². The first-order valence-electron chi connectivity index (χ1n) is 8.56. The molecular weight excluding hydrogens is 425 g/mol. The van der Waals surface area contributed by atoms with E-state index in [-0.39, 0.29) is 24.1 Å². The van der Waals surface area contributed by atoms with Gasteiger partial charge in [0.15, 0.2) is 5.84 Å². The number of hydrogen-bond acceptors (Lipinski definition) is 8. The molecule has 0 bridgehead atoms. The normalized spacial score (nSPS) is 14.1. The SMILES string of the molecule is CCS(=O)NCC(Nc1ncc(/C(=N/N)NN)cn1)c1ccc(OC(F)(F)F)cc1. The highest BCUT2D eigenvalue weighted by Gasteiger charge is 2.31. The molecule has 0 saturated carbocycles. The molecule has 0 aliphatic rings. The van der Waals surface area contributed by atoms with Crippen molar-refractivity contribution < 1.29 is 22.1 Å².